The van der Waals surface area contributed by atoms with Crippen molar-refractivity contribution in [1.29, 1.82) is 0 Å². The van der Waals surface area contributed by atoms with Crippen LogP contribution < -0.4 is 5.32 Å². The van der Waals surface area contributed by atoms with E-state index in [1.165, 1.54) is 22.5 Å². The quantitative estimate of drug-likeness (QED) is 0.582. The average Bonchev–Trinajstić information content (AvgIpc) is 2.57. The molecule has 0 aliphatic rings. The van der Waals surface area contributed by atoms with E-state index < -0.39 is 21.9 Å². The van der Waals surface area contributed by atoms with E-state index in [4.69, 9.17) is 16.3 Å². The number of thioether (sulfide) groups is 1. The van der Waals surface area contributed by atoms with Crippen molar-refractivity contribution in [2.75, 3.05) is 36.5 Å². The Bertz CT molecular complexity index is 736. The third kappa shape index (κ3) is 6.46. The maximum absolute atomic E-state index is 12.6. The molecule has 0 aliphatic carbocycles. The lowest BCUT2D eigenvalue weighted by molar-refractivity contribution is -0.139. The summed E-state index contributed by atoms with van der Waals surface area (Å²) in [5.74, 6) is -0.706. The molecule has 0 saturated heterocycles. The van der Waals surface area contributed by atoms with Gasteiger partial charge in [0.2, 0.25) is 15.9 Å². The largest absolute Gasteiger partial charge is 0.465 e. The van der Waals surface area contributed by atoms with Crippen molar-refractivity contribution in [3.8, 4) is 0 Å². The highest BCUT2D eigenvalue weighted by Crippen LogP contribution is 2.27. The van der Waals surface area contributed by atoms with Crippen LogP contribution in [0.1, 0.15) is 20.8 Å². The van der Waals surface area contributed by atoms with Gasteiger partial charge < -0.3 is 10.1 Å². The van der Waals surface area contributed by atoms with Crippen LogP contribution in [0.25, 0.3) is 0 Å². The fourth-order valence-electron chi connectivity index (χ4n) is 2.09. The summed E-state index contributed by atoms with van der Waals surface area (Å²) in [4.78, 5) is 23.3. The highest BCUT2D eigenvalue weighted by molar-refractivity contribution is 8.00. The minimum Gasteiger partial charge on any atom is -0.465 e. The molecular formula is C16H23ClN2O5S2. The molecule has 0 radical (unpaired) electrons. The van der Waals surface area contributed by atoms with Gasteiger partial charge in [-0.15, -0.1) is 11.8 Å². The van der Waals surface area contributed by atoms with Gasteiger partial charge in [0, 0.05) is 13.1 Å². The normalized spacial score (nSPS) is 11.4. The smallest absolute Gasteiger partial charge is 0.315 e. The van der Waals surface area contributed by atoms with Crippen LogP contribution in [0.4, 0.5) is 5.69 Å². The van der Waals surface area contributed by atoms with Gasteiger partial charge in [0.25, 0.3) is 0 Å². The molecule has 1 aromatic carbocycles. The number of esters is 1. The number of rotatable bonds is 10. The number of hydrogen-bond donors (Lipinski definition) is 1. The molecule has 1 amide bonds. The second-order valence-electron chi connectivity index (χ2n) is 5.08. The summed E-state index contributed by atoms with van der Waals surface area (Å²) in [6.07, 6.45) is 0. The van der Waals surface area contributed by atoms with Gasteiger partial charge in [-0.2, -0.15) is 4.31 Å². The topological polar surface area (TPSA) is 92.8 Å². The summed E-state index contributed by atoms with van der Waals surface area (Å²) in [7, 11) is -3.65. The first-order valence-electron chi connectivity index (χ1n) is 8.09. The van der Waals surface area contributed by atoms with Crippen molar-refractivity contribution in [1.82, 2.24) is 4.31 Å². The first-order valence-corrected chi connectivity index (χ1v) is 11.1. The van der Waals surface area contributed by atoms with Crippen LogP contribution in [0.3, 0.4) is 0 Å². The van der Waals surface area contributed by atoms with Gasteiger partial charge in [0.05, 0.1) is 33.7 Å². The molecule has 0 unspecified atom stereocenters. The predicted octanol–water partition coefficient (Wildman–Crippen LogP) is 2.61. The molecule has 0 heterocycles. The molecule has 0 aromatic heterocycles. The lowest BCUT2D eigenvalue weighted by atomic mass is 10.3. The monoisotopic (exact) mass is 422 g/mol. The third-order valence-corrected chi connectivity index (χ3v) is 6.60. The Balaban J connectivity index is 2.82. The Morgan fingerprint density at radius 2 is 1.85 bits per heavy atom. The number of nitrogens with one attached hydrogen (secondary N) is 1. The number of amides is 1. The lowest BCUT2D eigenvalue weighted by Gasteiger charge is -2.19. The van der Waals surface area contributed by atoms with E-state index in [1.807, 2.05) is 0 Å². The number of nitrogens with zero attached hydrogens (tertiary/aromatic N) is 1. The summed E-state index contributed by atoms with van der Waals surface area (Å²) in [5.41, 5.74) is 0.210. The van der Waals surface area contributed by atoms with Gasteiger partial charge in [-0.3, -0.25) is 9.59 Å². The van der Waals surface area contributed by atoms with Crippen LogP contribution >= 0.6 is 23.4 Å². The number of anilines is 1. The molecular weight excluding hydrogens is 400 g/mol. The van der Waals surface area contributed by atoms with Crippen molar-refractivity contribution < 1.29 is 22.7 Å². The van der Waals surface area contributed by atoms with Gasteiger partial charge in [0.15, 0.2) is 0 Å². The molecule has 1 rings (SSSR count). The summed E-state index contributed by atoms with van der Waals surface area (Å²) in [6, 6.07) is 4.17. The SMILES string of the molecule is CCOC(=O)CSCC(=O)Nc1cc(S(=O)(=O)N(CC)CC)ccc1Cl. The minimum absolute atomic E-state index is 0.0160. The lowest BCUT2D eigenvalue weighted by Crippen LogP contribution is -2.30. The fourth-order valence-corrected chi connectivity index (χ4v) is 4.35. The van der Waals surface area contributed by atoms with Crippen molar-refractivity contribution in [3.63, 3.8) is 0 Å². The van der Waals surface area contributed by atoms with Crippen LogP contribution in [-0.4, -0.2) is 55.8 Å². The molecule has 0 atom stereocenters. The van der Waals surface area contributed by atoms with Crippen molar-refractivity contribution in [2.45, 2.75) is 25.7 Å². The molecule has 10 heteroatoms. The number of carbonyl (C=O) groups excluding carboxylic acids is 2. The van der Waals surface area contributed by atoms with Crippen LogP contribution in [0.15, 0.2) is 23.1 Å². The molecule has 0 saturated carbocycles. The van der Waals surface area contributed by atoms with Gasteiger partial charge in [-0.25, -0.2) is 8.42 Å². The number of sulfonamides is 1. The zero-order chi connectivity index (χ0) is 19.7. The standard InChI is InChI=1S/C16H23ClN2O5S2/c1-4-19(5-2)26(22,23)12-7-8-13(17)14(9-12)18-15(20)10-25-11-16(21)24-6-3/h7-9H,4-6,10-11H2,1-3H3,(H,18,20). The number of ether oxygens (including phenoxy) is 1. The van der Waals surface area contributed by atoms with Crippen LogP contribution in [-0.2, 0) is 24.3 Å². The average molecular weight is 423 g/mol. The number of benzene rings is 1. The molecule has 26 heavy (non-hydrogen) atoms. The minimum atomic E-state index is -3.65. The van der Waals surface area contributed by atoms with Gasteiger partial charge in [-0.1, -0.05) is 25.4 Å². The molecule has 0 fully saturated rings. The Morgan fingerprint density at radius 1 is 1.19 bits per heavy atom. The van der Waals surface area contributed by atoms with Crippen LogP contribution in [0.5, 0.6) is 0 Å². The van der Waals surface area contributed by atoms with Gasteiger partial charge in [0.1, 0.15) is 0 Å². The van der Waals surface area contributed by atoms with E-state index in [0.717, 1.165) is 11.8 Å². The van der Waals surface area contributed by atoms with E-state index in [0.29, 0.717) is 13.1 Å². The van der Waals surface area contributed by atoms with E-state index >= 15 is 0 Å². The third-order valence-electron chi connectivity index (χ3n) is 3.31. The molecule has 7 nitrogen and oxygen atoms in total. The second kappa shape index (κ2) is 10.8. The number of carbonyl (C=O) groups is 2. The van der Waals surface area contributed by atoms with E-state index in [9.17, 15) is 18.0 Å². The Labute approximate surface area is 163 Å². The molecule has 146 valence electrons. The Hall–Kier alpha value is -1.29. The zero-order valence-electron chi connectivity index (χ0n) is 15.0. The highest BCUT2D eigenvalue weighted by atomic mass is 35.5. The maximum atomic E-state index is 12.6. The number of hydrogen-bond acceptors (Lipinski definition) is 6. The van der Waals surface area contributed by atoms with E-state index in [2.05, 4.69) is 5.32 Å². The van der Waals surface area contributed by atoms with Gasteiger partial charge >= 0.3 is 5.97 Å². The van der Waals surface area contributed by atoms with Gasteiger partial charge in [-0.05, 0) is 25.1 Å². The molecule has 1 N–H and O–H groups in total. The number of halogens is 1. The summed E-state index contributed by atoms with van der Waals surface area (Å²) in [6.45, 7) is 6.17. The zero-order valence-corrected chi connectivity index (χ0v) is 17.3. The molecule has 0 aliphatic heterocycles. The Morgan fingerprint density at radius 3 is 2.42 bits per heavy atom. The summed E-state index contributed by atoms with van der Waals surface area (Å²) in [5, 5.41) is 2.81. The Kier molecular flexibility index (Phi) is 9.42. The van der Waals surface area contributed by atoms with Crippen molar-refractivity contribution in [2.24, 2.45) is 0 Å². The maximum Gasteiger partial charge on any atom is 0.315 e. The first-order chi connectivity index (χ1) is 12.3. The molecule has 1 aromatic rings. The first kappa shape index (κ1) is 22.8. The highest BCUT2D eigenvalue weighted by Gasteiger charge is 2.22. The molecule has 0 bridgehead atoms. The van der Waals surface area contributed by atoms with E-state index in [1.54, 1.807) is 20.8 Å². The second-order valence-corrected chi connectivity index (χ2v) is 8.41. The molecule has 0 spiro atoms. The fraction of sp³-hybridized carbons (Fsp3) is 0.500. The van der Waals surface area contributed by atoms with Crippen LogP contribution in [0, 0.1) is 0 Å². The summed E-state index contributed by atoms with van der Waals surface area (Å²) >= 11 is 7.16. The van der Waals surface area contributed by atoms with Crippen LogP contribution in [0.2, 0.25) is 5.02 Å². The van der Waals surface area contributed by atoms with Crippen molar-refractivity contribution in [3.05, 3.63) is 23.2 Å². The summed E-state index contributed by atoms with van der Waals surface area (Å²) < 4.78 is 31.2. The van der Waals surface area contributed by atoms with E-state index in [-0.39, 0.29) is 33.7 Å². The van der Waals surface area contributed by atoms with Crippen molar-refractivity contribution >= 4 is 50.9 Å². The predicted molar refractivity (Wildman–Crippen MR) is 104 cm³/mol.